The van der Waals surface area contributed by atoms with E-state index in [9.17, 15) is 23.1 Å². The summed E-state index contributed by atoms with van der Waals surface area (Å²) in [5.74, 6) is -0.713. The van der Waals surface area contributed by atoms with Crippen LogP contribution in [-0.2, 0) is 20.0 Å². The van der Waals surface area contributed by atoms with E-state index in [0.29, 0.717) is 22.6 Å². The minimum absolute atomic E-state index is 0.00807. The van der Waals surface area contributed by atoms with Gasteiger partial charge in [-0.3, -0.25) is 4.79 Å². The van der Waals surface area contributed by atoms with Gasteiger partial charge in [0.05, 0.1) is 49.7 Å². The molecule has 0 aliphatic carbocycles. The predicted molar refractivity (Wildman–Crippen MR) is 192 cm³/mol. The molecule has 0 aromatic heterocycles. The van der Waals surface area contributed by atoms with Crippen LogP contribution in [0.25, 0.3) is 0 Å². The molecule has 0 spiro atoms. The molecule has 1 amide bonds. The van der Waals surface area contributed by atoms with E-state index < -0.39 is 38.4 Å². The highest BCUT2D eigenvalue weighted by Crippen LogP contribution is 2.53. The Morgan fingerprint density at radius 3 is 2.04 bits per heavy atom. The zero-order chi connectivity index (χ0) is 33.5. The SMILES string of the molecule is BC(B)(B)C(B)(B)C(B)(B)c1cc(C(=O)O)ccc1OC(C(=O)NS(=O)(=O)c1ccc(C(C)C)cc1)c1ccc2c(c1)OCO2. The fourth-order valence-electron chi connectivity index (χ4n) is 5.28. The van der Waals surface area contributed by atoms with Gasteiger partial charge in [-0.05, 0) is 59.5 Å². The van der Waals surface area contributed by atoms with Crippen LogP contribution in [0.3, 0.4) is 0 Å². The van der Waals surface area contributed by atoms with Crippen molar-refractivity contribution in [2.45, 2.75) is 46.3 Å². The van der Waals surface area contributed by atoms with Crippen LogP contribution in [0.2, 0.25) is 10.3 Å². The summed E-state index contributed by atoms with van der Waals surface area (Å²) in [5, 5.41) is 8.55. The Morgan fingerprint density at radius 2 is 1.47 bits per heavy atom. The van der Waals surface area contributed by atoms with E-state index in [2.05, 4.69) is 44.0 Å². The first kappa shape index (κ1) is 34.3. The lowest BCUT2D eigenvalue weighted by molar-refractivity contribution is -0.126. The van der Waals surface area contributed by atoms with Gasteiger partial charge < -0.3 is 19.3 Å². The summed E-state index contributed by atoms with van der Waals surface area (Å²) in [6, 6.07) is 15.6. The summed E-state index contributed by atoms with van der Waals surface area (Å²) >= 11 is 0. The molecule has 4 rings (SSSR count). The zero-order valence-electron chi connectivity index (χ0n) is 27.3. The van der Waals surface area contributed by atoms with E-state index in [1.807, 2.05) is 29.5 Å². The number of fused-ring (bicyclic) bond motifs is 1. The Labute approximate surface area is 271 Å². The molecule has 1 unspecified atom stereocenters. The highest BCUT2D eigenvalue weighted by Gasteiger charge is 2.46. The lowest BCUT2D eigenvalue weighted by Gasteiger charge is -2.53. The average Bonchev–Trinajstić information content (AvgIpc) is 3.43. The van der Waals surface area contributed by atoms with Gasteiger partial charge in [0.15, 0.2) is 11.5 Å². The molecule has 0 saturated heterocycles. The largest absolute Gasteiger partial charge is 0.478 e. The molecule has 1 atom stereocenters. The van der Waals surface area contributed by atoms with Crippen molar-refractivity contribution in [3.63, 3.8) is 0 Å². The maximum absolute atomic E-state index is 13.9. The molecule has 0 saturated carbocycles. The maximum Gasteiger partial charge on any atom is 0.335 e. The van der Waals surface area contributed by atoms with E-state index in [-0.39, 0.29) is 34.0 Å². The summed E-state index contributed by atoms with van der Waals surface area (Å²) in [5.41, 5.74) is 1.91. The van der Waals surface area contributed by atoms with Crippen LogP contribution in [0.5, 0.6) is 17.2 Å². The van der Waals surface area contributed by atoms with E-state index in [0.717, 1.165) is 5.56 Å². The van der Waals surface area contributed by atoms with Crippen LogP contribution in [0.1, 0.15) is 52.9 Å². The Morgan fingerprint density at radius 1 is 0.867 bits per heavy atom. The maximum atomic E-state index is 13.9. The van der Waals surface area contributed by atoms with Gasteiger partial charge in [0.25, 0.3) is 15.9 Å². The molecule has 228 valence electrons. The van der Waals surface area contributed by atoms with Crippen molar-refractivity contribution < 1.29 is 37.3 Å². The van der Waals surface area contributed by atoms with Crippen LogP contribution in [-0.4, -0.2) is 87.1 Å². The quantitative estimate of drug-likeness (QED) is 0.228. The van der Waals surface area contributed by atoms with Crippen LogP contribution in [0.15, 0.2) is 65.6 Å². The van der Waals surface area contributed by atoms with E-state index in [4.69, 9.17) is 14.2 Å². The second kappa shape index (κ2) is 12.3. The minimum Gasteiger partial charge on any atom is -0.478 e. The third-order valence-electron chi connectivity index (χ3n) is 9.61. The van der Waals surface area contributed by atoms with Gasteiger partial charge in [0.2, 0.25) is 12.9 Å². The molecular formula is C28H36B7NO8S. The van der Waals surface area contributed by atoms with Gasteiger partial charge in [-0.25, -0.2) is 17.9 Å². The predicted octanol–water partition coefficient (Wildman–Crippen LogP) is -2.36. The van der Waals surface area contributed by atoms with Gasteiger partial charge in [-0.15, -0.1) is 10.3 Å². The molecular weight excluding hydrogens is 586 g/mol. The summed E-state index contributed by atoms with van der Waals surface area (Å²) in [6.07, 6.45) is -1.45. The first-order chi connectivity index (χ1) is 20.8. The normalized spacial score (nSPS) is 14.1. The molecule has 2 N–H and O–H groups in total. The minimum atomic E-state index is -4.27. The molecule has 1 aliphatic rings. The summed E-state index contributed by atoms with van der Waals surface area (Å²) in [4.78, 5) is 25.9. The molecule has 3 aromatic carbocycles. The molecule has 3 aromatic rings. The standard InChI is InChI=1S/C28H36B7NO8S/c1-14(2)15-3-7-18(8-4-15)45(40,41)36-24(37)23(16-5-10-21-22(12-16)43-13-42-21)44-20-9-6-17(25(38)39)11-19(20)26(29,30)27(31,32)28(33,34)35/h3-12,14,23H,13,29-35H2,1-2H3,(H,36,37)(H,38,39). The Kier molecular flexibility index (Phi) is 9.37. The number of nitrogens with one attached hydrogen (secondary N) is 1. The Balaban J connectivity index is 1.82. The second-order valence-corrected chi connectivity index (χ2v) is 15.5. The fourth-order valence-corrected chi connectivity index (χ4v) is 6.27. The van der Waals surface area contributed by atoms with Gasteiger partial charge in [0, 0.05) is 5.56 Å². The summed E-state index contributed by atoms with van der Waals surface area (Å²) in [6.45, 7) is 4.01. The molecule has 0 fully saturated rings. The van der Waals surface area contributed by atoms with Crippen molar-refractivity contribution in [1.29, 1.82) is 0 Å². The Hall–Kier alpha value is -3.60. The van der Waals surface area contributed by atoms with Gasteiger partial charge in [0.1, 0.15) is 21.4 Å². The van der Waals surface area contributed by atoms with E-state index in [1.54, 1.807) is 36.4 Å². The molecule has 1 heterocycles. The number of hydrogen-bond donors (Lipinski definition) is 2. The van der Waals surface area contributed by atoms with Gasteiger partial charge in [-0.2, -0.15) is 0 Å². The number of benzene rings is 3. The zero-order valence-corrected chi connectivity index (χ0v) is 28.2. The highest BCUT2D eigenvalue weighted by molar-refractivity contribution is 7.90. The summed E-state index contributed by atoms with van der Waals surface area (Å²) in [7, 11) is 10.3. The Bertz CT molecular complexity index is 1730. The van der Waals surface area contributed by atoms with Crippen molar-refractivity contribution in [3.05, 3.63) is 82.9 Å². The number of carboxylic acids is 1. The second-order valence-electron chi connectivity index (χ2n) is 13.8. The van der Waals surface area contributed by atoms with E-state index >= 15 is 0 Å². The molecule has 17 heteroatoms. The first-order valence-corrected chi connectivity index (χ1v) is 16.4. The number of rotatable bonds is 11. The number of amides is 1. The lowest BCUT2D eigenvalue weighted by Crippen LogP contribution is -2.51. The van der Waals surface area contributed by atoms with Crippen molar-refractivity contribution in [2.24, 2.45) is 0 Å². The van der Waals surface area contributed by atoms with Crippen LogP contribution in [0.4, 0.5) is 0 Å². The number of aromatic carboxylic acids is 1. The monoisotopic (exact) mass is 623 g/mol. The highest BCUT2D eigenvalue weighted by atomic mass is 32.2. The van der Waals surface area contributed by atoms with Crippen molar-refractivity contribution in [2.75, 3.05) is 6.79 Å². The molecule has 1 aliphatic heterocycles. The lowest BCUT2D eigenvalue weighted by atomic mass is 9.13. The van der Waals surface area contributed by atoms with Crippen molar-refractivity contribution in [1.82, 2.24) is 4.72 Å². The summed E-state index contributed by atoms with van der Waals surface area (Å²) < 4.78 is 46.4. The number of carbonyl (C=O) groups is 2. The molecule has 0 bridgehead atoms. The molecule has 9 nitrogen and oxygen atoms in total. The number of carboxylic acid groups (broad SMARTS) is 1. The van der Waals surface area contributed by atoms with Crippen LogP contribution >= 0.6 is 0 Å². The fraction of sp³-hybridized carbons (Fsp3) is 0.286. The van der Waals surface area contributed by atoms with Gasteiger partial charge in [-0.1, -0.05) is 37.3 Å². The number of carbonyl (C=O) groups excluding carboxylic acids is 1. The molecule has 0 radical (unpaired) electrons. The smallest absolute Gasteiger partial charge is 0.335 e. The van der Waals surface area contributed by atoms with E-state index in [1.165, 1.54) is 24.3 Å². The third kappa shape index (κ3) is 6.83. The van der Waals surface area contributed by atoms with Crippen molar-refractivity contribution in [3.8, 4) is 17.2 Å². The van der Waals surface area contributed by atoms with Gasteiger partial charge >= 0.3 is 5.97 Å². The first-order valence-electron chi connectivity index (χ1n) is 14.9. The van der Waals surface area contributed by atoms with Crippen LogP contribution < -0.4 is 18.9 Å². The number of sulfonamides is 1. The number of hydrogen-bond acceptors (Lipinski definition) is 7. The topological polar surface area (TPSA) is 128 Å². The third-order valence-corrected chi connectivity index (χ3v) is 11.0. The van der Waals surface area contributed by atoms with Crippen molar-refractivity contribution >= 4 is 76.8 Å². The average molecular weight is 622 g/mol. The number of ether oxygens (including phenoxy) is 3. The molecule has 45 heavy (non-hydrogen) atoms. The van der Waals surface area contributed by atoms with Crippen LogP contribution in [0, 0.1) is 0 Å².